The van der Waals surface area contributed by atoms with Gasteiger partial charge in [-0.05, 0) is 47.9 Å². The van der Waals surface area contributed by atoms with E-state index in [9.17, 15) is 57.0 Å². The first-order valence-electron chi connectivity index (χ1n) is 11.2. The van der Waals surface area contributed by atoms with Gasteiger partial charge in [0.25, 0.3) is 40.5 Å². The Kier molecular flexibility index (Phi) is 8.31. The fourth-order valence-electron chi connectivity index (χ4n) is 3.78. The van der Waals surface area contributed by atoms with E-state index in [0.717, 1.165) is 30.3 Å². The van der Waals surface area contributed by atoms with Crippen LogP contribution in [0, 0.1) is 0 Å². The number of phenols is 1. The molecule has 0 saturated carbocycles. The Hall–Kier alpha value is -4.42. The molecule has 18 nitrogen and oxygen atoms in total. The number of hydrogen-bond donors (Lipinski definition) is 6. The summed E-state index contributed by atoms with van der Waals surface area (Å²) < 4.78 is 133. The zero-order chi connectivity index (χ0) is 32.8. The number of phenolic OH excluding ortho intramolecular Hbond substituents is 1. The number of aromatic hydroxyl groups is 1. The van der Waals surface area contributed by atoms with Gasteiger partial charge in [-0.1, -0.05) is 18.2 Å². The largest absolute Gasteiger partial charge is 0.505 e. The topological polar surface area (TPSA) is 313 Å². The Labute approximate surface area is 248 Å². The van der Waals surface area contributed by atoms with Crippen LogP contribution in [-0.2, 0) is 40.5 Å². The van der Waals surface area contributed by atoms with Gasteiger partial charge in [0, 0.05) is 0 Å². The van der Waals surface area contributed by atoms with Crippen LogP contribution in [0.15, 0.2) is 101 Å². The van der Waals surface area contributed by atoms with Crippen LogP contribution >= 0.6 is 0 Å². The Morgan fingerprint density at radius 1 is 0.568 bits per heavy atom. The average Bonchev–Trinajstić information content (AvgIpc) is 2.89. The molecule has 4 aromatic carbocycles. The molecule has 0 aromatic heterocycles. The van der Waals surface area contributed by atoms with Gasteiger partial charge >= 0.3 is 0 Å². The summed E-state index contributed by atoms with van der Waals surface area (Å²) in [6.07, 6.45) is 0. The third kappa shape index (κ3) is 6.71. The molecule has 7 N–H and O–H groups in total. The highest BCUT2D eigenvalue weighted by Gasteiger charge is 2.28. The van der Waals surface area contributed by atoms with Crippen molar-refractivity contribution < 1.29 is 57.0 Å². The van der Waals surface area contributed by atoms with E-state index in [1.54, 1.807) is 0 Å². The standard InChI is InChI=1S/C22H17N5O13S4/c23-19-18-11(8-16(43(35,36)37)20(19)26-24-12-4-3-5-13(10-12)41(29,30)31)9-17(44(38,39)40)21(22(18)28)27-25-14-6-1-2-7-15(14)42(32,33)34/h1-10,28H,23H2,(H,29,30,31)(H,32,33,34)(H,35,36,37)(H,38,39,40). The molecule has 44 heavy (non-hydrogen) atoms. The Morgan fingerprint density at radius 2 is 1.11 bits per heavy atom. The molecule has 232 valence electrons. The summed E-state index contributed by atoms with van der Waals surface area (Å²) in [6, 6.07) is 9.94. The zero-order valence-electron chi connectivity index (χ0n) is 21.3. The molecular formula is C22H17N5O13S4. The highest BCUT2D eigenvalue weighted by atomic mass is 32.2. The van der Waals surface area contributed by atoms with Gasteiger partial charge in [-0.25, -0.2) is 0 Å². The molecule has 0 fully saturated rings. The maximum atomic E-state index is 12.2. The van der Waals surface area contributed by atoms with E-state index in [1.807, 2.05) is 0 Å². The molecule has 4 rings (SSSR count). The predicted octanol–water partition coefficient (Wildman–Crippen LogP) is 3.95. The van der Waals surface area contributed by atoms with Crippen molar-refractivity contribution in [3.05, 3.63) is 60.7 Å². The van der Waals surface area contributed by atoms with Crippen LogP contribution < -0.4 is 5.73 Å². The molecule has 4 aromatic rings. The van der Waals surface area contributed by atoms with Crippen molar-refractivity contribution in [2.24, 2.45) is 20.5 Å². The van der Waals surface area contributed by atoms with Crippen LogP contribution in [0.25, 0.3) is 10.8 Å². The number of azo groups is 2. The van der Waals surface area contributed by atoms with Gasteiger partial charge in [-0.2, -0.15) is 38.8 Å². The second-order valence-corrected chi connectivity index (χ2v) is 14.2. The molecule has 0 bridgehead atoms. The minimum atomic E-state index is -5.27. The summed E-state index contributed by atoms with van der Waals surface area (Å²) in [4.78, 5) is -3.58. The lowest BCUT2D eigenvalue weighted by Gasteiger charge is -2.14. The number of fused-ring (bicyclic) bond motifs is 1. The number of benzene rings is 4. The second-order valence-electron chi connectivity index (χ2n) is 8.57. The van der Waals surface area contributed by atoms with Crippen LogP contribution in [-0.4, -0.2) is 57.0 Å². The molecule has 0 spiro atoms. The molecule has 0 aliphatic rings. The summed E-state index contributed by atoms with van der Waals surface area (Å²) in [5, 5.41) is 24.4. The van der Waals surface area contributed by atoms with Gasteiger partial charge in [-0.3, -0.25) is 18.2 Å². The molecule has 22 heteroatoms. The van der Waals surface area contributed by atoms with Gasteiger partial charge in [0.15, 0.2) is 5.75 Å². The lowest BCUT2D eigenvalue weighted by Crippen LogP contribution is -2.03. The SMILES string of the molecule is Nc1c(N=Nc2cccc(S(=O)(=O)O)c2)c(S(=O)(=O)O)cc2cc(S(=O)(=O)O)c(N=Nc3ccccc3S(=O)(=O)O)c(O)c12. The van der Waals surface area contributed by atoms with E-state index in [2.05, 4.69) is 20.5 Å². The van der Waals surface area contributed by atoms with E-state index < -0.39 is 99.3 Å². The van der Waals surface area contributed by atoms with Gasteiger partial charge in [-0.15, -0.1) is 15.3 Å². The first-order valence-corrected chi connectivity index (χ1v) is 17.0. The van der Waals surface area contributed by atoms with Gasteiger partial charge in [0.05, 0.1) is 21.7 Å². The lowest BCUT2D eigenvalue weighted by atomic mass is 10.1. The van der Waals surface area contributed by atoms with Crippen molar-refractivity contribution in [1.29, 1.82) is 0 Å². The predicted molar refractivity (Wildman–Crippen MR) is 151 cm³/mol. The van der Waals surface area contributed by atoms with Gasteiger partial charge < -0.3 is 10.8 Å². The van der Waals surface area contributed by atoms with E-state index in [4.69, 9.17) is 5.73 Å². The molecule has 0 aliphatic carbocycles. The summed E-state index contributed by atoms with van der Waals surface area (Å²) in [5.74, 6) is -1.15. The van der Waals surface area contributed by atoms with E-state index in [0.29, 0.717) is 12.1 Å². The van der Waals surface area contributed by atoms with Crippen molar-refractivity contribution in [1.82, 2.24) is 0 Å². The van der Waals surface area contributed by atoms with Crippen molar-refractivity contribution in [3.63, 3.8) is 0 Å². The Balaban J connectivity index is 2.04. The number of nitrogens with two attached hydrogens (primary N) is 1. The third-order valence-electron chi connectivity index (χ3n) is 5.65. The number of rotatable bonds is 8. The smallest absolute Gasteiger partial charge is 0.296 e. The molecule has 0 heterocycles. The summed E-state index contributed by atoms with van der Waals surface area (Å²) >= 11 is 0. The Bertz CT molecular complexity index is 2360. The molecule has 0 amide bonds. The lowest BCUT2D eigenvalue weighted by molar-refractivity contribution is 0.472. The minimum Gasteiger partial charge on any atom is -0.505 e. The van der Waals surface area contributed by atoms with E-state index >= 15 is 0 Å². The fraction of sp³-hybridized carbons (Fsp3) is 0. The molecule has 0 aliphatic heterocycles. The van der Waals surface area contributed by atoms with Crippen LogP contribution in [0.3, 0.4) is 0 Å². The summed E-state index contributed by atoms with van der Waals surface area (Å²) in [6.45, 7) is 0. The van der Waals surface area contributed by atoms with Crippen LogP contribution in [0.2, 0.25) is 0 Å². The number of nitrogens with zero attached hydrogens (tertiary/aromatic N) is 4. The highest BCUT2D eigenvalue weighted by molar-refractivity contribution is 7.86. The summed E-state index contributed by atoms with van der Waals surface area (Å²) in [5.41, 5.74) is 2.71. The Morgan fingerprint density at radius 3 is 1.68 bits per heavy atom. The molecule has 0 radical (unpaired) electrons. The molecule has 0 atom stereocenters. The zero-order valence-corrected chi connectivity index (χ0v) is 24.5. The van der Waals surface area contributed by atoms with Crippen molar-refractivity contribution in [2.45, 2.75) is 19.6 Å². The van der Waals surface area contributed by atoms with Crippen LogP contribution in [0.4, 0.5) is 28.4 Å². The maximum Gasteiger partial charge on any atom is 0.296 e. The van der Waals surface area contributed by atoms with Crippen molar-refractivity contribution in [2.75, 3.05) is 5.73 Å². The van der Waals surface area contributed by atoms with Crippen LogP contribution in [0.5, 0.6) is 5.75 Å². The van der Waals surface area contributed by atoms with E-state index in [-0.39, 0.29) is 5.69 Å². The van der Waals surface area contributed by atoms with Gasteiger partial charge in [0.2, 0.25) is 0 Å². The van der Waals surface area contributed by atoms with Gasteiger partial charge in [0.1, 0.15) is 31.7 Å². The minimum absolute atomic E-state index is 0.251. The van der Waals surface area contributed by atoms with Crippen molar-refractivity contribution in [3.8, 4) is 5.75 Å². The number of nitrogen functional groups attached to an aromatic ring is 1. The van der Waals surface area contributed by atoms with E-state index in [1.165, 1.54) is 18.2 Å². The van der Waals surface area contributed by atoms with Crippen molar-refractivity contribution >= 4 is 79.7 Å². The second kappa shape index (κ2) is 11.3. The quantitative estimate of drug-likeness (QED) is 0.0868. The number of hydrogen-bond acceptors (Lipinski definition) is 14. The molecule has 0 unspecified atom stereocenters. The summed E-state index contributed by atoms with van der Waals surface area (Å²) in [7, 11) is -20.0. The van der Waals surface area contributed by atoms with Crippen LogP contribution in [0.1, 0.15) is 0 Å². The molecule has 0 saturated heterocycles. The normalized spacial score (nSPS) is 13.3. The third-order valence-corrected chi connectivity index (χ3v) is 9.14. The average molecular weight is 688 g/mol. The highest BCUT2D eigenvalue weighted by Crippen LogP contribution is 2.48. The number of anilines is 1. The fourth-order valence-corrected chi connectivity index (χ4v) is 6.25. The monoisotopic (exact) mass is 687 g/mol. The first-order chi connectivity index (χ1) is 20.2. The first kappa shape index (κ1) is 32.5. The maximum absolute atomic E-state index is 12.2. The molecular weight excluding hydrogens is 671 g/mol.